The van der Waals surface area contributed by atoms with Gasteiger partial charge in [0.1, 0.15) is 0 Å². The van der Waals surface area contributed by atoms with E-state index in [0.717, 1.165) is 10.0 Å². The van der Waals surface area contributed by atoms with E-state index in [9.17, 15) is 4.79 Å². The highest BCUT2D eigenvalue weighted by Crippen LogP contribution is 2.21. The highest BCUT2D eigenvalue weighted by Gasteiger charge is 2.17. The van der Waals surface area contributed by atoms with Crippen LogP contribution in [0.4, 0.5) is 5.82 Å². The van der Waals surface area contributed by atoms with Crippen molar-refractivity contribution < 1.29 is 9.90 Å². The number of rotatable bonds is 2. The zero-order valence-corrected chi connectivity index (χ0v) is 10.5. The van der Waals surface area contributed by atoms with Gasteiger partial charge in [-0.2, -0.15) is 4.68 Å². The lowest BCUT2D eigenvalue weighted by atomic mass is 10.2. The molecule has 0 radical (unpaired) electrons. The van der Waals surface area contributed by atoms with Crippen molar-refractivity contribution in [2.75, 3.05) is 5.73 Å². The van der Waals surface area contributed by atoms with Crippen LogP contribution in [0.2, 0.25) is 0 Å². The fourth-order valence-electron chi connectivity index (χ4n) is 1.48. The molecule has 88 valence electrons. The Bertz CT molecular complexity index is 594. The van der Waals surface area contributed by atoms with Gasteiger partial charge in [0.25, 0.3) is 0 Å². The van der Waals surface area contributed by atoms with Crippen LogP contribution in [-0.2, 0) is 0 Å². The van der Waals surface area contributed by atoms with Gasteiger partial charge in [-0.15, -0.1) is 5.10 Å². The Morgan fingerprint density at radius 3 is 2.76 bits per heavy atom. The number of aryl methyl sites for hydroxylation is 1. The Morgan fingerprint density at radius 1 is 1.53 bits per heavy atom. The Labute approximate surface area is 105 Å². The molecule has 0 saturated heterocycles. The van der Waals surface area contributed by atoms with E-state index in [-0.39, 0.29) is 11.5 Å². The summed E-state index contributed by atoms with van der Waals surface area (Å²) < 4.78 is 2.24. The van der Waals surface area contributed by atoms with Crippen LogP contribution in [0.5, 0.6) is 0 Å². The summed E-state index contributed by atoms with van der Waals surface area (Å²) >= 11 is 3.35. The number of nitrogen functional groups attached to an aromatic ring is 1. The van der Waals surface area contributed by atoms with Gasteiger partial charge in [-0.25, -0.2) is 4.79 Å². The van der Waals surface area contributed by atoms with Crippen LogP contribution < -0.4 is 5.73 Å². The lowest BCUT2D eigenvalue weighted by Gasteiger charge is -2.06. The standard InChI is InChI=1S/C10H9BrN4O2/c1-5-4-6(11)2-3-7(5)15-9(12)8(10(16)17)13-14-15/h2-4H,12H2,1H3,(H,16,17). The minimum Gasteiger partial charge on any atom is -0.476 e. The van der Waals surface area contributed by atoms with E-state index in [1.165, 1.54) is 4.68 Å². The number of anilines is 1. The fourth-order valence-corrected chi connectivity index (χ4v) is 1.95. The second-order valence-corrected chi connectivity index (χ2v) is 4.39. The first-order chi connectivity index (χ1) is 8.00. The predicted octanol–water partition coefficient (Wildman–Crippen LogP) is 1.62. The van der Waals surface area contributed by atoms with Crippen LogP contribution in [-0.4, -0.2) is 26.1 Å². The second-order valence-electron chi connectivity index (χ2n) is 3.47. The second kappa shape index (κ2) is 4.17. The summed E-state index contributed by atoms with van der Waals surface area (Å²) in [6.45, 7) is 1.88. The van der Waals surface area contributed by atoms with Gasteiger partial charge in [-0.3, -0.25) is 0 Å². The first-order valence-electron chi connectivity index (χ1n) is 4.71. The minimum atomic E-state index is -1.19. The van der Waals surface area contributed by atoms with Gasteiger partial charge in [0.05, 0.1) is 5.69 Å². The van der Waals surface area contributed by atoms with Gasteiger partial charge < -0.3 is 10.8 Å². The van der Waals surface area contributed by atoms with Crippen molar-refractivity contribution >= 4 is 27.7 Å². The third kappa shape index (κ3) is 2.01. The SMILES string of the molecule is Cc1cc(Br)ccc1-n1nnc(C(=O)O)c1N. The van der Waals surface area contributed by atoms with Crippen LogP contribution in [0, 0.1) is 6.92 Å². The van der Waals surface area contributed by atoms with Crippen LogP contribution in [0.15, 0.2) is 22.7 Å². The number of hydrogen-bond acceptors (Lipinski definition) is 4. The van der Waals surface area contributed by atoms with Crippen LogP contribution in [0.25, 0.3) is 5.69 Å². The van der Waals surface area contributed by atoms with E-state index in [0.29, 0.717) is 5.69 Å². The summed E-state index contributed by atoms with van der Waals surface area (Å²) in [4.78, 5) is 10.8. The zero-order valence-electron chi connectivity index (χ0n) is 8.88. The molecule has 6 nitrogen and oxygen atoms in total. The minimum absolute atomic E-state index is 0.0166. The third-order valence-electron chi connectivity index (χ3n) is 2.29. The van der Waals surface area contributed by atoms with Gasteiger partial charge in [0.2, 0.25) is 5.69 Å². The summed E-state index contributed by atoms with van der Waals surface area (Å²) in [6.07, 6.45) is 0. The van der Waals surface area contributed by atoms with Crippen molar-refractivity contribution in [2.45, 2.75) is 6.92 Å². The molecule has 17 heavy (non-hydrogen) atoms. The maximum Gasteiger partial charge on any atom is 0.360 e. The topological polar surface area (TPSA) is 94.0 Å². The Balaban J connectivity index is 2.57. The number of halogens is 1. The van der Waals surface area contributed by atoms with Gasteiger partial charge in [-0.05, 0) is 30.7 Å². The van der Waals surface area contributed by atoms with Crippen LogP contribution in [0.1, 0.15) is 16.1 Å². The molecule has 0 atom stereocenters. The fraction of sp³-hybridized carbons (Fsp3) is 0.100. The molecule has 0 aliphatic heterocycles. The summed E-state index contributed by atoms with van der Waals surface area (Å²) in [6, 6.07) is 5.50. The first-order valence-corrected chi connectivity index (χ1v) is 5.51. The molecule has 1 aromatic carbocycles. The Kier molecular flexibility index (Phi) is 2.84. The molecule has 0 aliphatic carbocycles. The molecule has 2 rings (SSSR count). The van der Waals surface area contributed by atoms with E-state index >= 15 is 0 Å². The van der Waals surface area contributed by atoms with E-state index in [1.54, 1.807) is 6.07 Å². The zero-order chi connectivity index (χ0) is 12.6. The van der Waals surface area contributed by atoms with Crippen molar-refractivity contribution in [3.8, 4) is 5.69 Å². The smallest absolute Gasteiger partial charge is 0.360 e. The third-order valence-corrected chi connectivity index (χ3v) is 2.79. The molecule has 0 aliphatic rings. The molecule has 0 amide bonds. The average molecular weight is 297 g/mol. The average Bonchev–Trinajstić information content (AvgIpc) is 2.60. The predicted molar refractivity (Wildman–Crippen MR) is 65.2 cm³/mol. The Hall–Kier alpha value is -1.89. The number of nitrogens with zero attached hydrogens (tertiary/aromatic N) is 3. The molecule has 1 aromatic heterocycles. The number of carboxylic acid groups (broad SMARTS) is 1. The number of hydrogen-bond donors (Lipinski definition) is 2. The largest absolute Gasteiger partial charge is 0.476 e. The van der Waals surface area contributed by atoms with Crippen LogP contribution in [0.3, 0.4) is 0 Å². The molecule has 0 saturated carbocycles. The first kappa shape index (κ1) is 11.6. The van der Waals surface area contributed by atoms with Crippen molar-refractivity contribution in [3.63, 3.8) is 0 Å². The summed E-state index contributed by atoms with van der Waals surface area (Å²) in [7, 11) is 0. The molecule has 0 fully saturated rings. The maximum atomic E-state index is 10.8. The van der Waals surface area contributed by atoms with E-state index in [1.807, 2.05) is 19.1 Å². The number of nitrogens with two attached hydrogens (primary N) is 1. The molecular formula is C10H9BrN4O2. The molecule has 2 aromatic rings. The van der Waals surface area contributed by atoms with Crippen molar-refractivity contribution in [1.29, 1.82) is 0 Å². The van der Waals surface area contributed by atoms with Gasteiger partial charge in [0, 0.05) is 4.47 Å². The molecular weight excluding hydrogens is 288 g/mol. The highest BCUT2D eigenvalue weighted by molar-refractivity contribution is 9.10. The quantitative estimate of drug-likeness (QED) is 0.878. The van der Waals surface area contributed by atoms with Gasteiger partial charge in [-0.1, -0.05) is 21.1 Å². The van der Waals surface area contributed by atoms with Gasteiger partial charge >= 0.3 is 5.97 Å². The Morgan fingerprint density at radius 2 is 2.24 bits per heavy atom. The molecule has 0 bridgehead atoms. The van der Waals surface area contributed by atoms with Gasteiger partial charge in [0.15, 0.2) is 5.82 Å². The molecule has 3 N–H and O–H groups in total. The number of aromatic carboxylic acids is 1. The normalized spacial score (nSPS) is 10.5. The van der Waals surface area contributed by atoms with Crippen molar-refractivity contribution in [1.82, 2.24) is 15.0 Å². The van der Waals surface area contributed by atoms with E-state index in [4.69, 9.17) is 10.8 Å². The molecule has 7 heteroatoms. The molecule has 0 unspecified atom stereocenters. The lowest BCUT2D eigenvalue weighted by Crippen LogP contribution is -2.06. The van der Waals surface area contributed by atoms with E-state index < -0.39 is 5.97 Å². The summed E-state index contributed by atoms with van der Waals surface area (Å²) in [5.41, 5.74) is 7.06. The highest BCUT2D eigenvalue weighted by atomic mass is 79.9. The summed E-state index contributed by atoms with van der Waals surface area (Å²) in [5.74, 6) is -1.17. The summed E-state index contributed by atoms with van der Waals surface area (Å²) in [5, 5.41) is 16.1. The molecule has 1 heterocycles. The maximum absolute atomic E-state index is 10.8. The number of aromatic nitrogens is 3. The van der Waals surface area contributed by atoms with Crippen molar-refractivity contribution in [2.24, 2.45) is 0 Å². The van der Waals surface area contributed by atoms with Crippen molar-refractivity contribution in [3.05, 3.63) is 33.9 Å². The lowest BCUT2D eigenvalue weighted by molar-refractivity contribution is 0.0691. The number of carboxylic acids is 1. The number of carbonyl (C=O) groups is 1. The monoisotopic (exact) mass is 296 g/mol. The van der Waals surface area contributed by atoms with E-state index in [2.05, 4.69) is 26.2 Å². The number of benzene rings is 1. The van der Waals surface area contributed by atoms with Crippen LogP contribution >= 0.6 is 15.9 Å². The molecule has 0 spiro atoms.